The molecule has 2 rings (SSSR count). The van der Waals surface area contributed by atoms with Crippen LogP contribution in [-0.2, 0) is 14.6 Å². The van der Waals surface area contributed by atoms with Crippen LogP contribution in [0, 0.1) is 0 Å². The van der Waals surface area contributed by atoms with Crippen LogP contribution in [0.2, 0.25) is 0 Å². The summed E-state index contributed by atoms with van der Waals surface area (Å²) < 4.78 is 25.8. The van der Waals surface area contributed by atoms with Gasteiger partial charge in [0.1, 0.15) is 5.25 Å². The minimum absolute atomic E-state index is 0.205. The Kier molecular flexibility index (Phi) is 4.47. The molecule has 1 aliphatic heterocycles. The van der Waals surface area contributed by atoms with Crippen LogP contribution in [-0.4, -0.2) is 41.6 Å². The standard InChI is InChI=1S/C12H16BrNO4S/c13-9-4-6-10(7-5-9)19(17,18)11-3-1-2-8-14(16)12(11)15/h4-6,10-11,16H,1-3,7-8H2. The minimum atomic E-state index is -3.62. The quantitative estimate of drug-likeness (QED) is 0.771. The average Bonchev–Trinajstić information content (AvgIpc) is 2.53. The molecule has 1 saturated heterocycles. The lowest BCUT2D eigenvalue weighted by Crippen LogP contribution is -2.43. The summed E-state index contributed by atoms with van der Waals surface area (Å²) in [6.07, 6.45) is 6.95. The fraction of sp³-hybridized carbons (Fsp3) is 0.583. The highest BCUT2D eigenvalue weighted by Gasteiger charge is 2.40. The Morgan fingerprint density at radius 2 is 2.11 bits per heavy atom. The van der Waals surface area contributed by atoms with Gasteiger partial charge in [0, 0.05) is 11.0 Å². The smallest absolute Gasteiger partial charge is 0.264 e. The summed E-state index contributed by atoms with van der Waals surface area (Å²) in [5.74, 6) is -0.695. The molecular formula is C12H16BrNO4S. The van der Waals surface area contributed by atoms with E-state index >= 15 is 0 Å². The number of allylic oxidation sites excluding steroid dienone is 3. The fourth-order valence-corrected chi connectivity index (χ4v) is 4.65. The number of carbonyl (C=O) groups is 1. The highest BCUT2D eigenvalue weighted by atomic mass is 79.9. The van der Waals surface area contributed by atoms with Crippen LogP contribution in [0.25, 0.3) is 0 Å². The zero-order valence-electron chi connectivity index (χ0n) is 10.3. The highest BCUT2D eigenvalue weighted by molar-refractivity contribution is 9.11. The molecule has 0 saturated carbocycles. The first-order chi connectivity index (χ1) is 8.93. The molecule has 1 aliphatic carbocycles. The summed E-state index contributed by atoms with van der Waals surface area (Å²) >= 11 is 3.28. The maximum atomic E-state index is 12.5. The number of carbonyl (C=O) groups excluding carboxylic acids is 1. The minimum Gasteiger partial charge on any atom is -0.286 e. The van der Waals surface area contributed by atoms with E-state index in [9.17, 15) is 18.4 Å². The van der Waals surface area contributed by atoms with Gasteiger partial charge in [0.2, 0.25) is 0 Å². The Morgan fingerprint density at radius 1 is 1.37 bits per heavy atom. The fourth-order valence-electron chi connectivity index (χ4n) is 2.33. The Balaban J connectivity index is 2.23. The maximum Gasteiger partial charge on any atom is 0.264 e. The second kappa shape index (κ2) is 5.76. The number of halogens is 1. The van der Waals surface area contributed by atoms with Crippen LogP contribution in [0.4, 0.5) is 0 Å². The van der Waals surface area contributed by atoms with E-state index in [-0.39, 0.29) is 13.0 Å². The van der Waals surface area contributed by atoms with Gasteiger partial charge in [0.15, 0.2) is 9.84 Å². The number of hydrogen-bond donors (Lipinski definition) is 1. The predicted molar refractivity (Wildman–Crippen MR) is 74.6 cm³/mol. The molecule has 0 bridgehead atoms. The van der Waals surface area contributed by atoms with Gasteiger partial charge in [-0.15, -0.1) is 0 Å². The van der Waals surface area contributed by atoms with Gasteiger partial charge in [-0.1, -0.05) is 34.2 Å². The summed E-state index contributed by atoms with van der Waals surface area (Å²) in [5, 5.41) is 8.25. The van der Waals surface area contributed by atoms with Crippen LogP contribution in [0.15, 0.2) is 22.7 Å². The number of hydroxylamine groups is 2. The van der Waals surface area contributed by atoms with Crippen LogP contribution in [0.5, 0.6) is 0 Å². The largest absolute Gasteiger partial charge is 0.286 e. The van der Waals surface area contributed by atoms with Gasteiger partial charge >= 0.3 is 0 Å². The molecule has 0 radical (unpaired) electrons. The van der Waals surface area contributed by atoms with Crippen molar-refractivity contribution in [2.75, 3.05) is 6.54 Å². The summed E-state index contributed by atoms with van der Waals surface area (Å²) in [6.45, 7) is 0.205. The Morgan fingerprint density at radius 3 is 2.74 bits per heavy atom. The third kappa shape index (κ3) is 3.09. The van der Waals surface area contributed by atoms with E-state index in [1.165, 1.54) is 0 Å². The SMILES string of the molecule is O=C1C(S(=O)(=O)C2C=CC(Br)=CC2)CCCCN1O. The van der Waals surface area contributed by atoms with Gasteiger partial charge in [-0.25, -0.2) is 13.5 Å². The van der Waals surface area contributed by atoms with Crippen molar-refractivity contribution < 1.29 is 18.4 Å². The molecule has 0 aromatic carbocycles. The molecule has 2 aliphatic rings. The molecule has 2 atom stereocenters. The molecule has 0 aromatic heterocycles. The van der Waals surface area contributed by atoms with E-state index in [0.29, 0.717) is 24.3 Å². The van der Waals surface area contributed by atoms with Crippen molar-refractivity contribution in [3.8, 4) is 0 Å². The lowest BCUT2D eigenvalue weighted by molar-refractivity contribution is -0.163. The van der Waals surface area contributed by atoms with Gasteiger partial charge in [0.05, 0.1) is 5.25 Å². The normalized spacial score (nSPS) is 29.1. The van der Waals surface area contributed by atoms with E-state index in [1.54, 1.807) is 18.2 Å². The van der Waals surface area contributed by atoms with Crippen molar-refractivity contribution in [1.29, 1.82) is 0 Å². The van der Waals surface area contributed by atoms with E-state index < -0.39 is 26.2 Å². The Bertz CT molecular complexity index is 526. The van der Waals surface area contributed by atoms with Crippen molar-refractivity contribution in [3.63, 3.8) is 0 Å². The number of nitrogens with zero attached hydrogens (tertiary/aromatic N) is 1. The zero-order valence-corrected chi connectivity index (χ0v) is 12.7. The molecule has 5 nitrogen and oxygen atoms in total. The van der Waals surface area contributed by atoms with E-state index in [4.69, 9.17) is 0 Å². The topological polar surface area (TPSA) is 74.7 Å². The molecule has 1 fully saturated rings. The van der Waals surface area contributed by atoms with Crippen molar-refractivity contribution in [2.45, 2.75) is 36.2 Å². The van der Waals surface area contributed by atoms with Gasteiger partial charge in [0.25, 0.3) is 5.91 Å². The Hall–Kier alpha value is -0.660. The third-order valence-corrected chi connectivity index (χ3v) is 6.46. The maximum absolute atomic E-state index is 12.5. The molecule has 7 heteroatoms. The summed E-state index contributed by atoms with van der Waals surface area (Å²) in [7, 11) is -3.62. The number of amides is 1. The molecule has 1 heterocycles. The van der Waals surface area contributed by atoms with Crippen LogP contribution in [0.3, 0.4) is 0 Å². The lowest BCUT2D eigenvalue weighted by Gasteiger charge is -2.23. The molecule has 0 spiro atoms. The van der Waals surface area contributed by atoms with Crippen molar-refractivity contribution in [3.05, 3.63) is 22.7 Å². The first-order valence-electron chi connectivity index (χ1n) is 6.20. The van der Waals surface area contributed by atoms with Crippen molar-refractivity contribution in [2.24, 2.45) is 0 Å². The second-order valence-electron chi connectivity index (χ2n) is 4.76. The van der Waals surface area contributed by atoms with E-state index in [2.05, 4.69) is 15.9 Å². The predicted octanol–water partition coefficient (Wildman–Crippen LogP) is 1.78. The first-order valence-corrected chi connectivity index (χ1v) is 8.60. The second-order valence-corrected chi connectivity index (χ2v) is 8.03. The number of hydrogen-bond acceptors (Lipinski definition) is 4. The lowest BCUT2D eigenvalue weighted by atomic mass is 10.2. The van der Waals surface area contributed by atoms with Gasteiger partial charge in [-0.2, -0.15) is 0 Å². The van der Waals surface area contributed by atoms with Crippen LogP contribution in [0.1, 0.15) is 25.7 Å². The molecule has 1 N–H and O–H groups in total. The average molecular weight is 350 g/mol. The molecule has 19 heavy (non-hydrogen) atoms. The first kappa shape index (κ1) is 14.7. The van der Waals surface area contributed by atoms with Crippen LogP contribution < -0.4 is 0 Å². The zero-order chi connectivity index (χ0) is 14.0. The van der Waals surface area contributed by atoms with Gasteiger partial charge < -0.3 is 0 Å². The summed E-state index contributed by atoms with van der Waals surface area (Å²) in [5.41, 5.74) is 0. The van der Waals surface area contributed by atoms with Gasteiger partial charge in [-0.05, 0) is 25.7 Å². The molecular weight excluding hydrogens is 334 g/mol. The van der Waals surface area contributed by atoms with Crippen LogP contribution >= 0.6 is 15.9 Å². The highest BCUT2D eigenvalue weighted by Crippen LogP contribution is 2.27. The van der Waals surface area contributed by atoms with Gasteiger partial charge in [-0.3, -0.25) is 10.0 Å². The van der Waals surface area contributed by atoms with E-state index in [1.807, 2.05) is 0 Å². The van der Waals surface area contributed by atoms with Crippen molar-refractivity contribution in [1.82, 2.24) is 5.06 Å². The number of sulfone groups is 1. The molecule has 1 amide bonds. The third-order valence-electron chi connectivity index (χ3n) is 3.45. The molecule has 106 valence electrons. The Labute approximate surface area is 121 Å². The molecule has 0 aromatic rings. The van der Waals surface area contributed by atoms with Crippen molar-refractivity contribution >= 4 is 31.7 Å². The number of rotatable bonds is 2. The summed E-state index contributed by atoms with van der Waals surface area (Å²) in [6, 6.07) is 0. The summed E-state index contributed by atoms with van der Waals surface area (Å²) in [4.78, 5) is 11.9. The van der Waals surface area contributed by atoms with E-state index in [0.717, 1.165) is 4.48 Å². The molecule has 2 unspecified atom stereocenters. The monoisotopic (exact) mass is 349 g/mol.